The number of rotatable bonds is 6. The van der Waals surface area contributed by atoms with Crippen LogP contribution in [0.1, 0.15) is 17.2 Å². The number of methoxy groups -OCH3 is 2. The Morgan fingerprint density at radius 1 is 1.25 bits per heavy atom. The molecule has 1 aromatic heterocycles. The standard InChI is InChI=1S/C14H15NO5/c1-18-13-6-5-10(8-14(13)19-2)11(9-15(16)17)12-4-3-7-20-12/h3-8,11H,9H2,1-2H3. The van der Waals surface area contributed by atoms with E-state index in [9.17, 15) is 10.1 Å². The van der Waals surface area contributed by atoms with Crippen molar-refractivity contribution in [2.75, 3.05) is 20.8 Å². The van der Waals surface area contributed by atoms with Crippen LogP contribution in [0.5, 0.6) is 11.5 Å². The minimum Gasteiger partial charge on any atom is -0.493 e. The predicted molar refractivity (Wildman–Crippen MR) is 72.0 cm³/mol. The molecule has 0 fully saturated rings. The topological polar surface area (TPSA) is 74.7 Å². The van der Waals surface area contributed by atoms with Crippen molar-refractivity contribution in [1.82, 2.24) is 0 Å². The van der Waals surface area contributed by atoms with Crippen LogP contribution in [0.15, 0.2) is 41.0 Å². The van der Waals surface area contributed by atoms with Crippen molar-refractivity contribution in [2.45, 2.75) is 5.92 Å². The molecule has 1 unspecified atom stereocenters. The molecule has 106 valence electrons. The van der Waals surface area contributed by atoms with Crippen LogP contribution in [0.4, 0.5) is 0 Å². The lowest BCUT2D eigenvalue weighted by Crippen LogP contribution is -2.13. The van der Waals surface area contributed by atoms with Crippen molar-refractivity contribution in [3.05, 3.63) is 58.0 Å². The number of furan rings is 1. The van der Waals surface area contributed by atoms with Gasteiger partial charge in [-0.05, 0) is 29.8 Å². The van der Waals surface area contributed by atoms with Crippen LogP contribution in [0.25, 0.3) is 0 Å². The van der Waals surface area contributed by atoms with Crippen LogP contribution >= 0.6 is 0 Å². The molecule has 1 heterocycles. The fraction of sp³-hybridized carbons (Fsp3) is 0.286. The summed E-state index contributed by atoms with van der Waals surface area (Å²) in [6.07, 6.45) is 1.50. The Hall–Kier alpha value is -2.50. The molecule has 6 heteroatoms. The fourth-order valence-corrected chi connectivity index (χ4v) is 2.07. The van der Waals surface area contributed by atoms with Crippen LogP contribution in [0.2, 0.25) is 0 Å². The van der Waals surface area contributed by atoms with Crippen LogP contribution < -0.4 is 9.47 Å². The summed E-state index contributed by atoms with van der Waals surface area (Å²) in [5.41, 5.74) is 0.745. The molecule has 0 aliphatic heterocycles. The van der Waals surface area contributed by atoms with Gasteiger partial charge >= 0.3 is 0 Å². The molecule has 1 atom stereocenters. The SMILES string of the molecule is COc1ccc(C(C[N+](=O)[O-])c2ccco2)cc1OC. The van der Waals surface area contributed by atoms with Crippen molar-refractivity contribution >= 4 is 0 Å². The van der Waals surface area contributed by atoms with E-state index in [1.165, 1.54) is 13.4 Å². The van der Waals surface area contributed by atoms with E-state index in [4.69, 9.17) is 13.9 Å². The van der Waals surface area contributed by atoms with Gasteiger partial charge in [-0.2, -0.15) is 0 Å². The summed E-state index contributed by atoms with van der Waals surface area (Å²) in [4.78, 5) is 10.5. The Balaban J connectivity index is 2.41. The molecule has 0 saturated heterocycles. The van der Waals surface area contributed by atoms with Crippen molar-refractivity contribution in [3.8, 4) is 11.5 Å². The third kappa shape index (κ3) is 2.90. The second-order valence-corrected chi connectivity index (χ2v) is 4.20. The summed E-state index contributed by atoms with van der Waals surface area (Å²) in [6, 6.07) is 8.67. The van der Waals surface area contributed by atoms with Gasteiger partial charge in [0.1, 0.15) is 11.7 Å². The summed E-state index contributed by atoms with van der Waals surface area (Å²) in [5.74, 6) is 1.20. The predicted octanol–water partition coefficient (Wildman–Crippen LogP) is 2.71. The molecule has 0 amide bonds. The summed E-state index contributed by atoms with van der Waals surface area (Å²) >= 11 is 0. The average Bonchev–Trinajstić information content (AvgIpc) is 2.97. The minimum absolute atomic E-state index is 0.247. The zero-order valence-corrected chi connectivity index (χ0v) is 11.2. The normalized spacial score (nSPS) is 11.9. The van der Waals surface area contributed by atoms with Crippen molar-refractivity contribution < 1.29 is 18.8 Å². The molecule has 0 spiro atoms. The highest BCUT2D eigenvalue weighted by molar-refractivity contribution is 5.45. The third-order valence-electron chi connectivity index (χ3n) is 3.03. The molecule has 6 nitrogen and oxygen atoms in total. The van der Waals surface area contributed by atoms with E-state index < -0.39 is 5.92 Å². The lowest BCUT2D eigenvalue weighted by Gasteiger charge is -2.14. The molecule has 2 aromatic rings. The molecular formula is C14H15NO5. The Bertz CT molecular complexity index is 579. The highest BCUT2D eigenvalue weighted by Gasteiger charge is 2.24. The molecule has 0 N–H and O–H groups in total. The second kappa shape index (κ2) is 6.10. The van der Waals surface area contributed by atoms with E-state index in [-0.39, 0.29) is 11.5 Å². The first-order valence-corrected chi connectivity index (χ1v) is 6.02. The van der Waals surface area contributed by atoms with Crippen LogP contribution in [0, 0.1) is 10.1 Å². The largest absolute Gasteiger partial charge is 0.493 e. The Morgan fingerprint density at radius 2 is 2.00 bits per heavy atom. The first-order chi connectivity index (χ1) is 9.65. The van der Waals surface area contributed by atoms with Crippen molar-refractivity contribution in [3.63, 3.8) is 0 Å². The van der Waals surface area contributed by atoms with Gasteiger partial charge < -0.3 is 13.9 Å². The number of hydrogen-bond donors (Lipinski definition) is 0. The van der Waals surface area contributed by atoms with Gasteiger partial charge in [0.25, 0.3) is 0 Å². The van der Waals surface area contributed by atoms with Gasteiger partial charge in [-0.15, -0.1) is 0 Å². The molecule has 0 aliphatic rings. The van der Waals surface area contributed by atoms with Gasteiger partial charge in [-0.25, -0.2) is 0 Å². The zero-order valence-electron chi connectivity index (χ0n) is 11.2. The summed E-state index contributed by atoms with van der Waals surface area (Å²) in [5, 5.41) is 10.9. The lowest BCUT2D eigenvalue weighted by atomic mass is 9.96. The molecule has 0 bridgehead atoms. The van der Waals surface area contributed by atoms with Crippen LogP contribution in [0.3, 0.4) is 0 Å². The molecule has 1 aromatic carbocycles. The van der Waals surface area contributed by atoms with Gasteiger partial charge in [-0.1, -0.05) is 6.07 Å². The zero-order chi connectivity index (χ0) is 14.5. The first-order valence-electron chi connectivity index (χ1n) is 6.02. The van der Waals surface area contributed by atoms with Crippen LogP contribution in [-0.4, -0.2) is 25.7 Å². The van der Waals surface area contributed by atoms with E-state index in [0.717, 1.165) is 5.56 Å². The molecule has 0 saturated carbocycles. The Kier molecular flexibility index (Phi) is 4.24. The van der Waals surface area contributed by atoms with Crippen molar-refractivity contribution in [1.29, 1.82) is 0 Å². The lowest BCUT2D eigenvalue weighted by molar-refractivity contribution is -0.482. The molecule has 2 rings (SSSR count). The van der Waals surface area contributed by atoms with Gasteiger partial charge in [0.05, 0.1) is 20.5 Å². The number of hydrogen-bond acceptors (Lipinski definition) is 5. The molecule has 20 heavy (non-hydrogen) atoms. The van der Waals surface area contributed by atoms with E-state index in [1.807, 2.05) is 0 Å². The fourth-order valence-electron chi connectivity index (χ4n) is 2.07. The maximum atomic E-state index is 10.9. The van der Waals surface area contributed by atoms with Gasteiger partial charge in [0.15, 0.2) is 11.5 Å². The van der Waals surface area contributed by atoms with E-state index >= 15 is 0 Å². The number of benzene rings is 1. The molecule has 0 aliphatic carbocycles. The van der Waals surface area contributed by atoms with E-state index in [0.29, 0.717) is 17.3 Å². The summed E-state index contributed by atoms with van der Waals surface area (Å²) in [7, 11) is 3.07. The summed E-state index contributed by atoms with van der Waals surface area (Å²) < 4.78 is 15.7. The van der Waals surface area contributed by atoms with Crippen LogP contribution in [-0.2, 0) is 0 Å². The third-order valence-corrected chi connectivity index (χ3v) is 3.03. The van der Waals surface area contributed by atoms with Crippen molar-refractivity contribution in [2.24, 2.45) is 0 Å². The monoisotopic (exact) mass is 277 g/mol. The summed E-state index contributed by atoms with van der Waals surface area (Å²) in [6.45, 7) is -0.247. The van der Waals surface area contributed by atoms with Gasteiger partial charge in [-0.3, -0.25) is 10.1 Å². The van der Waals surface area contributed by atoms with Gasteiger partial charge in [0, 0.05) is 4.92 Å². The molecular weight excluding hydrogens is 262 g/mol. The number of ether oxygens (including phenoxy) is 2. The maximum Gasteiger partial charge on any atom is 0.217 e. The van der Waals surface area contributed by atoms with E-state index in [2.05, 4.69) is 0 Å². The van der Waals surface area contributed by atoms with E-state index in [1.54, 1.807) is 37.4 Å². The highest BCUT2D eigenvalue weighted by Crippen LogP contribution is 2.33. The Morgan fingerprint density at radius 3 is 2.55 bits per heavy atom. The second-order valence-electron chi connectivity index (χ2n) is 4.20. The Labute approximate surface area is 116 Å². The molecule has 0 radical (unpaired) electrons. The smallest absolute Gasteiger partial charge is 0.217 e. The first kappa shape index (κ1) is 13.9. The quantitative estimate of drug-likeness (QED) is 0.599. The maximum absolute atomic E-state index is 10.9. The number of nitro groups is 1. The minimum atomic E-state index is -0.459. The average molecular weight is 277 g/mol. The highest BCUT2D eigenvalue weighted by atomic mass is 16.6. The number of nitrogens with zero attached hydrogens (tertiary/aromatic N) is 1. The van der Waals surface area contributed by atoms with Gasteiger partial charge in [0.2, 0.25) is 6.54 Å².